The van der Waals surface area contributed by atoms with Gasteiger partial charge in [0, 0.05) is 6.07 Å². The van der Waals surface area contributed by atoms with Crippen LogP contribution in [0.1, 0.15) is 30.9 Å². The van der Waals surface area contributed by atoms with E-state index < -0.39 is 34.9 Å². The highest BCUT2D eigenvalue weighted by atomic mass is 16.6. The summed E-state index contributed by atoms with van der Waals surface area (Å²) in [6.07, 6.45) is 1.04. The predicted octanol–water partition coefficient (Wildman–Crippen LogP) is 3.09. The van der Waals surface area contributed by atoms with Crippen LogP contribution in [0, 0.1) is 17.0 Å². The van der Waals surface area contributed by atoms with E-state index in [0.29, 0.717) is 18.4 Å². The zero-order valence-electron chi connectivity index (χ0n) is 16.7. The SMILES string of the molecule is CCC[C@@]1(c2ccccc2)NC(=O)N(CC(=O)Nc2cccc([N+](=O)[O-])c2C)C1=O. The number of nitro benzene ring substituents is 1. The molecular formula is C21H22N4O5. The Balaban J connectivity index is 1.81. The summed E-state index contributed by atoms with van der Waals surface area (Å²) in [6.45, 7) is 2.93. The first-order chi connectivity index (χ1) is 14.3. The zero-order chi connectivity index (χ0) is 21.9. The van der Waals surface area contributed by atoms with Crippen molar-refractivity contribution in [2.45, 2.75) is 32.2 Å². The Bertz CT molecular complexity index is 1010. The maximum Gasteiger partial charge on any atom is 0.325 e. The predicted molar refractivity (Wildman–Crippen MR) is 110 cm³/mol. The van der Waals surface area contributed by atoms with Gasteiger partial charge in [-0.3, -0.25) is 24.6 Å². The van der Waals surface area contributed by atoms with Gasteiger partial charge in [0.05, 0.1) is 16.2 Å². The molecule has 156 valence electrons. The number of benzene rings is 2. The van der Waals surface area contributed by atoms with Crippen LogP contribution in [-0.4, -0.2) is 34.2 Å². The van der Waals surface area contributed by atoms with Crippen molar-refractivity contribution in [3.8, 4) is 0 Å². The minimum absolute atomic E-state index is 0.131. The lowest BCUT2D eigenvalue weighted by Crippen LogP contribution is -2.44. The maximum absolute atomic E-state index is 13.2. The minimum Gasteiger partial charge on any atom is -0.324 e. The molecule has 1 atom stereocenters. The van der Waals surface area contributed by atoms with Gasteiger partial charge in [0.15, 0.2) is 0 Å². The summed E-state index contributed by atoms with van der Waals surface area (Å²) in [5, 5.41) is 16.4. The molecule has 9 nitrogen and oxygen atoms in total. The fraction of sp³-hybridized carbons (Fsp3) is 0.286. The number of urea groups is 1. The lowest BCUT2D eigenvalue weighted by Gasteiger charge is -2.26. The number of hydrogen-bond donors (Lipinski definition) is 2. The Kier molecular flexibility index (Phi) is 5.81. The van der Waals surface area contributed by atoms with Crippen molar-refractivity contribution in [3.05, 3.63) is 69.8 Å². The molecule has 0 aliphatic carbocycles. The molecule has 2 aromatic rings. The summed E-state index contributed by atoms with van der Waals surface area (Å²) >= 11 is 0. The van der Waals surface area contributed by atoms with E-state index >= 15 is 0 Å². The van der Waals surface area contributed by atoms with E-state index in [4.69, 9.17) is 0 Å². The number of nitro groups is 1. The van der Waals surface area contributed by atoms with Gasteiger partial charge in [0.25, 0.3) is 11.6 Å². The smallest absolute Gasteiger partial charge is 0.324 e. The van der Waals surface area contributed by atoms with Crippen molar-refractivity contribution in [2.24, 2.45) is 0 Å². The minimum atomic E-state index is -1.21. The van der Waals surface area contributed by atoms with Gasteiger partial charge < -0.3 is 10.6 Å². The summed E-state index contributed by atoms with van der Waals surface area (Å²) in [5.74, 6) is -1.12. The topological polar surface area (TPSA) is 122 Å². The highest BCUT2D eigenvalue weighted by Crippen LogP contribution is 2.33. The van der Waals surface area contributed by atoms with Crippen LogP contribution in [0.15, 0.2) is 48.5 Å². The second-order valence-electron chi connectivity index (χ2n) is 7.10. The molecule has 3 rings (SSSR count). The second-order valence-corrected chi connectivity index (χ2v) is 7.10. The summed E-state index contributed by atoms with van der Waals surface area (Å²) in [7, 11) is 0. The first kappa shape index (κ1) is 21.0. The quantitative estimate of drug-likeness (QED) is 0.413. The van der Waals surface area contributed by atoms with Crippen molar-refractivity contribution < 1.29 is 19.3 Å². The van der Waals surface area contributed by atoms with Crippen LogP contribution in [0.2, 0.25) is 0 Å². The molecule has 1 heterocycles. The number of carbonyl (C=O) groups is 3. The van der Waals surface area contributed by atoms with Gasteiger partial charge in [-0.1, -0.05) is 49.7 Å². The standard InChI is InChI=1S/C21H22N4O5/c1-3-12-21(15-8-5-4-6-9-15)19(27)24(20(28)23-21)13-18(26)22-16-10-7-11-17(14(16)2)25(29)30/h4-11H,3,12-13H2,1-2H3,(H,22,26)(H,23,28)/t21-/m0/s1. The number of anilines is 1. The number of carbonyl (C=O) groups excluding carboxylic acids is 3. The van der Waals surface area contributed by atoms with Crippen LogP contribution >= 0.6 is 0 Å². The van der Waals surface area contributed by atoms with Gasteiger partial charge in [-0.15, -0.1) is 0 Å². The molecule has 1 aliphatic rings. The molecule has 1 fully saturated rings. The van der Waals surface area contributed by atoms with Crippen LogP contribution in [0.3, 0.4) is 0 Å². The molecule has 1 aliphatic heterocycles. The molecule has 0 radical (unpaired) electrons. The number of nitrogens with one attached hydrogen (secondary N) is 2. The van der Waals surface area contributed by atoms with Gasteiger partial charge in [0.2, 0.25) is 5.91 Å². The highest BCUT2D eigenvalue weighted by molar-refractivity contribution is 6.10. The van der Waals surface area contributed by atoms with Crippen molar-refractivity contribution in [1.82, 2.24) is 10.2 Å². The van der Waals surface area contributed by atoms with Crippen LogP contribution < -0.4 is 10.6 Å². The highest BCUT2D eigenvalue weighted by Gasteiger charge is 2.52. The fourth-order valence-electron chi connectivity index (χ4n) is 3.67. The van der Waals surface area contributed by atoms with Crippen molar-refractivity contribution in [3.63, 3.8) is 0 Å². The number of nitrogens with zero attached hydrogens (tertiary/aromatic N) is 2. The van der Waals surface area contributed by atoms with E-state index in [1.54, 1.807) is 24.3 Å². The third-order valence-electron chi connectivity index (χ3n) is 5.15. The number of hydrogen-bond acceptors (Lipinski definition) is 5. The monoisotopic (exact) mass is 410 g/mol. The Hall–Kier alpha value is -3.75. The zero-order valence-corrected chi connectivity index (χ0v) is 16.7. The first-order valence-electron chi connectivity index (χ1n) is 9.53. The summed E-state index contributed by atoms with van der Waals surface area (Å²) in [6, 6.07) is 12.6. The summed E-state index contributed by atoms with van der Waals surface area (Å²) in [4.78, 5) is 49.7. The van der Waals surface area contributed by atoms with E-state index in [-0.39, 0.29) is 16.9 Å². The van der Waals surface area contributed by atoms with Crippen molar-refractivity contribution in [1.29, 1.82) is 0 Å². The van der Waals surface area contributed by atoms with Crippen LogP contribution in [-0.2, 0) is 15.1 Å². The largest absolute Gasteiger partial charge is 0.325 e. The molecule has 0 spiro atoms. The van der Waals surface area contributed by atoms with Crippen LogP contribution in [0.5, 0.6) is 0 Å². The molecule has 30 heavy (non-hydrogen) atoms. The summed E-state index contributed by atoms with van der Waals surface area (Å²) in [5.41, 5.74) is -0.146. The number of imide groups is 1. The third-order valence-corrected chi connectivity index (χ3v) is 5.15. The number of rotatable bonds is 7. The molecule has 4 amide bonds. The van der Waals surface area contributed by atoms with Crippen molar-refractivity contribution >= 4 is 29.2 Å². The molecule has 9 heteroatoms. The Morgan fingerprint density at radius 1 is 1.17 bits per heavy atom. The fourth-order valence-corrected chi connectivity index (χ4v) is 3.67. The van der Waals surface area contributed by atoms with Gasteiger partial charge in [0.1, 0.15) is 12.1 Å². The first-order valence-corrected chi connectivity index (χ1v) is 9.53. The lowest BCUT2D eigenvalue weighted by atomic mass is 9.85. The molecule has 0 unspecified atom stereocenters. The average molecular weight is 410 g/mol. The molecule has 2 N–H and O–H groups in total. The molecular weight excluding hydrogens is 388 g/mol. The van der Waals surface area contributed by atoms with Gasteiger partial charge >= 0.3 is 6.03 Å². The van der Waals surface area contributed by atoms with E-state index in [1.807, 2.05) is 13.0 Å². The van der Waals surface area contributed by atoms with E-state index in [2.05, 4.69) is 10.6 Å². The van der Waals surface area contributed by atoms with Crippen molar-refractivity contribution in [2.75, 3.05) is 11.9 Å². The Labute approximate surface area is 173 Å². The molecule has 0 bridgehead atoms. The molecule has 1 saturated heterocycles. The van der Waals surface area contributed by atoms with Crippen LogP contribution in [0.25, 0.3) is 0 Å². The Morgan fingerprint density at radius 2 is 1.87 bits per heavy atom. The van der Waals surface area contributed by atoms with Gasteiger partial charge in [-0.2, -0.15) is 0 Å². The average Bonchev–Trinajstić information content (AvgIpc) is 2.95. The van der Waals surface area contributed by atoms with E-state index in [1.165, 1.54) is 25.1 Å². The summed E-state index contributed by atoms with van der Waals surface area (Å²) < 4.78 is 0. The van der Waals surface area contributed by atoms with E-state index in [9.17, 15) is 24.5 Å². The second kappa shape index (κ2) is 8.32. The molecule has 0 saturated carbocycles. The van der Waals surface area contributed by atoms with Gasteiger partial charge in [-0.05, 0) is 25.0 Å². The molecule has 0 aromatic heterocycles. The normalized spacial score (nSPS) is 18.3. The lowest BCUT2D eigenvalue weighted by molar-refractivity contribution is -0.385. The van der Waals surface area contributed by atoms with E-state index in [0.717, 1.165) is 4.90 Å². The third kappa shape index (κ3) is 3.73. The van der Waals surface area contributed by atoms with Crippen LogP contribution in [0.4, 0.5) is 16.2 Å². The Morgan fingerprint density at radius 3 is 2.50 bits per heavy atom. The maximum atomic E-state index is 13.2. The number of amides is 4. The van der Waals surface area contributed by atoms with Gasteiger partial charge in [-0.25, -0.2) is 4.79 Å². The molecule has 2 aromatic carbocycles.